The first-order valence-corrected chi connectivity index (χ1v) is 7.71. The van der Waals surface area contributed by atoms with Gasteiger partial charge in [-0.15, -0.1) is 0 Å². The Bertz CT molecular complexity index is 736. The second-order valence-corrected chi connectivity index (χ2v) is 6.27. The molecule has 1 N–H and O–H groups in total. The van der Waals surface area contributed by atoms with Gasteiger partial charge in [0, 0.05) is 43.9 Å². The summed E-state index contributed by atoms with van der Waals surface area (Å²) in [4.78, 5) is 18.9. The number of rotatable bonds is 4. The Kier molecular flexibility index (Phi) is 3.88. The average molecular weight is 298 g/mol. The lowest BCUT2D eigenvalue weighted by Gasteiger charge is -2.14. The van der Waals surface area contributed by atoms with Crippen LogP contribution in [0.5, 0.6) is 0 Å². The van der Waals surface area contributed by atoms with Crippen molar-refractivity contribution in [2.45, 2.75) is 26.8 Å². The topological polar surface area (TPSA) is 50.2 Å². The summed E-state index contributed by atoms with van der Waals surface area (Å²) in [5, 5.41) is 3.16. The van der Waals surface area contributed by atoms with E-state index in [0.717, 1.165) is 18.7 Å². The van der Waals surface area contributed by atoms with Gasteiger partial charge in [-0.3, -0.25) is 4.79 Å². The number of fused-ring (bicyclic) bond motifs is 1. The molecule has 22 heavy (non-hydrogen) atoms. The standard InChI is InChI=1S/C17H22N4O/c1-12(2)11-21-9-7-18-16(17(21)22)19-14-5-4-13-6-8-20(3)15(13)10-14/h4-5,7,9-10,12H,6,8,11H2,1-3H3,(H,18,19). The van der Waals surface area contributed by atoms with Gasteiger partial charge in [-0.2, -0.15) is 0 Å². The Morgan fingerprint density at radius 1 is 1.36 bits per heavy atom. The minimum absolute atomic E-state index is 0.0787. The highest BCUT2D eigenvalue weighted by atomic mass is 16.1. The van der Waals surface area contributed by atoms with Crippen LogP contribution in [0.25, 0.3) is 0 Å². The number of nitrogens with one attached hydrogen (secondary N) is 1. The molecule has 0 saturated carbocycles. The Balaban J connectivity index is 1.88. The zero-order chi connectivity index (χ0) is 15.7. The zero-order valence-electron chi connectivity index (χ0n) is 13.3. The van der Waals surface area contributed by atoms with Crippen LogP contribution >= 0.6 is 0 Å². The average Bonchev–Trinajstić information content (AvgIpc) is 2.84. The third-order valence-electron chi connectivity index (χ3n) is 3.95. The molecule has 0 aliphatic carbocycles. The number of aromatic nitrogens is 2. The van der Waals surface area contributed by atoms with Crippen molar-refractivity contribution in [1.29, 1.82) is 0 Å². The number of anilines is 3. The van der Waals surface area contributed by atoms with Gasteiger partial charge in [-0.05, 0) is 30.0 Å². The minimum atomic E-state index is -0.0787. The summed E-state index contributed by atoms with van der Waals surface area (Å²) in [5.41, 5.74) is 3.40. The van der Waals surface area contributed by atoms with Crippen LogP contribution in [-0.4, -0.2) is 23.1 Å². The van der Waals surface area contributed by atoms with Crippen molar-refractivity contribution in [3.8, 4) is 0 Å². The van der Waals surface area contributed by atoms with Crippen LogP contribution < -0.4 is 15.8 Å². The quantitative estimate of drug-likeness (QED) is 0.943. The molecule has 1 aliphatic rings. The molecule has 5 heteroatoms. The van der Waals surface area contributed by atoms with Crippen molar-refractivity contribution in [2.24, 2.45) is 5.92 Å². The maximum atomic E-state index is 12.4. The van der Waals surface area contributed by atoms with Gasteiger partial charge in [-0.25, -0.2) is 4.98 Å². The summed E-state index contributed by atoms with van der Waals surface area (Å²) in [6, 6.07) is 6.22. The normalized spacial score (nSPS) is 13.5. The molecular weight excluding hydrogens is 276 g/mol. The van der Waals surface area contributed by atoms with Crippen LogP contribution in [0.1, 0.15) is 19.4 Å². The highest BCUT2D eigenvalue weighted by molar-refractivity contribution is 5.68. The van der Waals surface area contributed by atoms with E-state index in [4.69, 9.17) is 0 Å². The Labute approximate surface area is 130 Å². The molecular formula is C17H22N4O. The van der Waals surface area contributed by atoms with Crippen molar-refractivity contribution in [1.82, 2.24) is 9.55 Å². The minimum Gasteiger partial charge on any atom is -0.374 e. The number of hydrogen-bond donors (Lipinski definition) is 1. The predicted molar refractivity (Wildman–Crippen MR) is 90.0 cm³/mol. The van der Waals surface area contributed by atoms with E-state index in [9.17, 15) is 4.79 Å². The summed E-state index contributed by atoms with van der Waals surface area (Å²) >= 11 is 0. The van der Waals surface area contributed by atoms with Crippen molar-refractivity contribution >= 4 is 17.2 Å². The smallest absolute Gasteiger partial charge is 0.293 e. The zero-order valence-corrected chi connectivity index (χ0v) is 13.3. The van der Waals surface area contributed by atoms with E-state index in [-0.39, 0.29) is 5.56 Å². The first-order chi connectivity index (χ1) is 10.5. The van der Waals surface area contributed by atoms with Gasteiger partial charge < -0.3 is 14.8 Å². The van der Waals surface area contributed by atoms with Crippen LogP contribution in [0.15, 0.2) is 35.4 Å². The molecule has 1 aliphatic heterocycles. The summed E-state index contributed by atoms with van der Waals surface area (Å²) < 4.78 is 1.71. The van der Waals surface area contributed by atoms with Gasteiger partial charge in [0.05, 0.1) is 0 Å². The molecule has 0 saturated heterocycles. The largest absolute Gasteiger partial charge is 0.374 e. The third kappa shape index (κ3) is 2.84. The Hall–Kier alpha value is -2.30. The first kappa shape index (κ1) is 14.6. The Morgan fingerprint density at radius 2 is 2.18 bits per heavy atom. The highest BCUT2D eigenvalue weighted by Gasteiger charge is 2.16. The SMILES string of the molecule is CC(C)Cn1ccnc(Nc2ccc3c(c2)N(C)CC3)c1=O. The fourth-order valence-corrected chi connectivity index (χ4v) is 2.82. The maximum Gasteiger partial charge on any atom is 0.293 e. The van der Waals surface area contributed by atoms with Gasteiger partial charge in [0.2, 0.25) is 0 Å². The van der Waals surface area contributed by atoms with Crippen LogP contribution in [0.4, 0.5) is 17.2 Å². The van der Waals surface area contributed by atoms with E-state index in [0.29, 0.717) is 18.3 Å². The maximum absolute atomic E-state index is 12.4. The number of benzene rings is 1. The Morgan fingerprint density at radius 3 is 2.95 bits per heavy atom. The first-order valence-electron chi connectivity index (χ1n) is 7.71. The van der Waals surface area contributed by atoms with Gasteiger partial charge in [0.1, 0.15) is 0 Å². The van der Waals surface area contributed by atoms with E-state index in [1.54, 1.807) is 17.0 Å². The molecule has 3 rings (SSSR count). The van der Waals surface area contributed by atoms with Crippen LogP contribution in [0.2, 0.25) is 0 Å². The van der Waals surface area contributed by atoms with Crippen molar-refractivity contribution in [3.63, 3.8) is 0 Å². The van der Waals surface area contributed by atoms with Crippen molar-refractivity contribution in [2.75, 3.05) is 23.8 Å². The molecule has 1 aromatic heterocycles. The summed E-state index contributed by atoms with van der Waals surface area (Å²) in [7, 11) is 2.09. The van der Waals surface area contributed by atoms with Crippen LogP contribution in [0.3, 0.4) is 0 Å². The molecule has 1 aromatic carbocycles. The van der Waals surface area contributed by atoms with E-state index in [1.165, 1.54) is 11.3 Å². The van der Waals surface area contributed by atoms with Crippen molar-refractivity contribution in [3.05, 3.63) is 46.5 Å². The molecule has 116 valence electrons. The molecule has 0 fully saturated rings. The summed E-state index contributed by atoms with van der Waals surface area (Å²) in [6.07, 6.45) is 4.49. The van der Waals surface area contributed by atoms with E-state index in [1.807, 2.05) is 6.07 Å². The van der Waals surface area contributed by atoms with Crippen LogP contribution in [-0.2, 0) is 13.0 Å². The highest BCUT2D eigenvalue weighted by Crippen LogP contribution is 2.30. The molecule has 2 aromatic rings. The lowest BCUT2D eigenvalue weighted by Crippen LogP contribution is -2.25. The molecule has 5 nitrogen and oxygen atoms in total. The molecule has 0 bridgehead atoms. The van der Waals surface area contributed by atoms with E-state index >= 15 is 0 Å². The lowest BCUT2D eigenvalue weighted by atomic mass is 10.1. The second kappa shape index (κ2) is 5.83. The molecule has 0 radical (unpaired) electrons. The summed E-state index contributed by atoms with van der Waals surface area (Å²) in [5.74, 6) is 0.797. The number of likely N-dealkylation sites (N-methyl/N-ethyl adjacent to an activating group) is 1. The summed E-state index contributed by atoms with van der Waals surface area (Å²) in [6.45, 7) is 5.93. The molecule has 0 amide bonds. The fraction of sp³-hybridized carbons (Fsp3) is 0.412. The van der Waals surface area contributed by atoms with Gasteiger partial charge >= 0.3 is 0 Å². The molecule has 2 heterocycles. The monoisotopic (exact) mass is 298 g/mol. The molecule has 0 spiro atoms. The molecule has 0 atom stereocenters. The van der Waals surface area contributed by atoms with E-state index in [2.05, 4.69) is 48.2 Å². The fourth-order valence-electron chi connectivity index (χ4n) is 2.82. The van der Waals surface area contributed by atoms with Crippen LogP contribution in [0, 0.1) is 5.92 Å². The number of nitrogens with zero attached hydrogens (tertiary/aromatic N) is 3. The van der Waals surface area contributed by atoms with Gasteiger partial charge in [0.25, 0.3) is 5.56 Å². The second-order valence-electron chi connectivity index (χ2n) is 6.27. The number of hydrogen-bond acceptors (Lipinski definition) is 4. The van der Waals surface area contributed by atoms with Crippen molar-refractivity contribution < 1.29 is 0 Å². The predicted octanol–water partition coefficient (Wildman–Crippen LogP) is 2.64. The van der Waals surface area contributed by atoms with Gasteiger partial charge in [0.15, 0.2) is 5.82 Å². The lowest BCUT2D eigenvalue weighted by molar-refractivity contribution is 0.510. The third-order valence-corrected chi connectivity index (χ3v) is 3.95. The van der Waals surface area contributed by atoms with E-state index < -0.39 is 0 Å². The van der Waals surface area contributed by atoms with Gasteiger partial charge in [-0.1, -0.05) is 19.9 Å². The molecule has 0 unspecified atom stereocenters.